The summed E-state index contributed by atoms with van der Waals surface area (Å²) in [6, 6.07) is 7.65. The van der Waals surface area contributed by atoms with Crippen molar-refractivity contribution in [2.24, 2.45) is 11.7 Å². The van der Waals surface area contributed by atoms with E-state index in [2.05, 4.69) is 10.7 Å². The number of rotatable bonds is 17. The van der Waals surface area contributed by atoms with E-state index in [4.69, 9.17) is 5.73 Å². The number of aliphatic hydroxyl groups excluding tert-OH is 1. The zero-order valence-electron chi connectivity index (χ0n) is 26.8. The van der Waals surface area contributed by atoms with Gasteiger partial charge in [0.2, 0.25) is 11.8 Å². The number of amides is 4. The van der Waals surface area contributed by atoms with Gasteiger partial charge in [-0.25, -0.2) is 9.40 Å². The number of primary amides is 1. The Hall–Kier alpha value is -3.83. The van der Waals surface area contributed by atoms with Crippen molar-refractivity contribution >= 4 is 23.6 Å². The van der Waals surface area contributed by atoms with Crippen molar-refractivity contribution in [3.8, 4) is 0 Å². The maximum Gasteiger partial charge on any atom is 0.253 e. The molecule has 2 aromatic rings. The molecule has 0 radical (unpaired) electrons. The van der Waals surface area contributed by atoms with Crippen molar-refractivity contribution in [3.63, 3.8) is 0 Å². The molecule has 0 aliphatic heterocycles. The quantitative estimate of drug-likeness (QED) is 0.201. The van der Waals surface area contributed by atoms with Crippen LogP contribution in [0.5, 0.6) is 0 Å². The van der Waals surface area contributed by atoms with Gasteiger partial charge in [-0.2, -0.15) is 0 Å². The summed E-state index contributed by atoms with van der Waals surface area (Å²) < 4.78 is 14.3. The third-order valence-corrected chi connectivity index (χ3v) is 7.03. The highest BCUT2D eigenvalue weighted by molar-refractivity contribution is 6.04. The molecule has 2 unspecified atom stereocenters. The first kappa shape index (κ1) is 36.4. The van der Waals surface area contributed by atoms with Gasteiger partial charge >= 0.3 is 0 Å². The van der Waals surface area contributed by atoms with Crippen molar-refractivity contribution in [2.45, 2.75) is 79.4 Å². The summed E-state index contributed by atoms with van der Waals surface area (Å²) in [5.41, 5.74) is 9.76. The summed E-state index contributed by atoms with van der Waals surface area (Å²) in [7, 11) is 0. The second-order valence-electron chi connectivity index (χ2n) is 11.5. The molecule has 5 N–H and O–H groups in total. The zero-order chi connectivity index (χ0) is 33.0. The molecule has 0 spiro atoms. The third kappa shape index (κ3) is 11.0. The monoisotopic (exact) mass is 613 g/mol. The lowest BCUT2D eigenvalue weighted by Crippen LogP contribution is -2.54. The number of benzene rings is 2. The Morgan fingerprint density at radius 3 is 2.02 bits per heavy atom. The fourth-order valence-corrected chi connectivity index (χ4v) is 4.88. The maximum absolute atomic E-state index is 14.3. The normalized spacial score (nSPS) is 12.6. The average molecular weight is 614 g/mol. The van der Waals surface area contributed by atoms with Gasteiger partial charge in [0.1, 0.15) is 5.82 Å². The molecular weight excluding hydrogens is 565 g/mol. The molecule has 11 heteroatoms. The smallest absolute Gasteiger partial charge is 0.253 e. The molecule has 0 saturated heterocycles. The van der Waals surface area contributed by atoms with Crippen LogP contribution < -0.4 is 16.5 Å². The molecule has 0 saturated carbocycles. The molecule has 0 heterocycles. The van der Waals surface area contributed by atoms with Crippen molar-refractivity contribution in [1.82, 2.24) is 20.7 Å². The topological polar surface area (TPSA) is 145 Å². The number of hydrogen-bond donors (Lipinski definition) is 4. The maximum atomic E-state index is 14.3. The predicted molar refractivity (Wildman–Crippen MR) is 168 cm³/mol. The lowest BCUT2D eigenvalue weighted by Gasteiger charge is -2.31. The Morgan fingerprint density at radius 1 is 0.886 bits per heavy atom. The summed E-state index contributed by atoms with van der Waals surface area (Å²) in [4.78, 5) is 53.3. The first-order valence-electron chi connectivity index (χ1n) is 15.3. The number of aliphatic hydroxyl groups is 1. The molecule has 0 fully saturated rings. The minimum absolute atomic E-state index is 0.00248. The number of nitrogens with two attached hydrogens (primary N) is 1. The predicted octanol–water partition coefficient (Wildman–Crippen LogP) is 3.60. The van der Waals surface area contributed by atoms with Crippen molar-refractivity contribution in [3.05, 3.63) is 70.0 Å². The molecule has 2 rings (SSSR count). The molecule has 10 nitrogen and oxygen atoms in total. The lowest BCUT2D eigenvalue weighted by molar-refractivity contribution is -0.129. The number of aryl methyl sites for hydroxylation is 1. The molecule has 0 bridgehead atoms. The standard InChI is InChI=1S/C33H48FN5O5/c1-7-10-38(11-8-2)33(44)26-18-24(30(35)41)17-25(19-26)32(43)36-28(16-23-13-22(6)14-27(34)15-23)29(40)20-39(12-9-3)37-31(42)21(4)5/h13-15,17-19,21,28-29,40H,7-12,16,20H2,1-6H3,(H2,35,41)(H,36,43)(H,37,42). The number of hydrogen-bond acceptors (Lipinski definition) is 6. The summed E-state index contributed by atoms with van der Waals surface area (Å²) >= 11 is 0. The first-order valence-corrected chi connectivity index (χ1v) is 15.3. The number of nitrogens with one attached hydrogen (secondary N) is 2. The van der Waals surface area contributed by atoms with Crippen LogP contribution in [0.1, 0.15) is 96.1 Å². The minimum Gasteiger partial charge on any atom is -0.390 e. The van der Waals surface area contributed by atoms with Crippen LogP contribution in [-0.4, -0.2) is 77.0 Å². The molecule has 0 aromatic heterocycles. The number of carbonyl (C=O) groups excluding carboxylic acids is 4. The Balaban J connectivity index is 2.47. The minimum atomic E-state index is -1.19. The van der Waals surface area contributed by atoms with Gasteiger partial charge in [-0.3, -0.25) is 24.6 Å². The third-order valence-electron chi connectivity index (χ3n) is 7.03. The Bertz CT molecular complexity index is 1280. The molecule has 2 atom stereocenters. The van der Waals surface area contributed by atoms with Crippen LogP contribution in [0.3, 0.4) is 0 Å². The fraction of sp³-hybridized carbons (Fsp3) is 0.515. The van der Waals surface area contributed by atoms with Crippen LogP contribution in [0.4, 0.5) is 4.39 Å². The van der Waals surface area contributed by atoms with E-state index in [1.54, 1.807) is 36.7 Å². The van der Waals surface area contributed by atoms with E-state index in [9.17, 15) is 28.7 Å². The highest BCUT2D eigenvalue weighted by Gasteiger charge is 2.27. The van der Waals surface area contributed by atoms with E-state index >= 15 is 0 Å². The van der Waals surface area contributed by atoms with Crippen molar-refractivity contribution in [2.75, 3.05) is 26.2 Å². The van der Waals surface area contributed by atoms with Gasteiger partial charge in [-0.15, -0.1) is 0 Å². The molecule has 2 aromatic carbocycles. The molecule has 0 aliphatic rings. The number of hydrazine groups is 1. The van der Waals surface area contributed by atoms with Crippen LogP contribution in [0, 0.1) is 18.7 Å². The van der Waals surface area contributed by atoms with Crippen molar-refractivity contribution < 1.29 is 28.7 Å². The number of halogens is 1. The number of carbonyl (C=O) groups is 4. The van der Waals surface area contributed by atoms with Gasteiger partial charge in [0, 0.05) is 48.8 Å². The molecule has 0 aliphatic carbocycles. The summed E-state index contributed by atoms with van der Waals surface area (Å²) in [6.07, 6.45) is 1.05. The summed E-state index contributed by atoms with van der Waals surface area (Å²) in [5.74, 6) is -2.71. The average Bonchev–Trinajstić information content (AvgIpc) is 2.95. The molecule has 4 amide bonds. The number of nitrogens with zero attached hydrogens (tertiary/aromatic N) is 2. The van der Waals surface area contributed by atoms with Crippen molar-refractivity contribution in [1.29, 1.82) is 0 Å². The van der Waals surface area contributed by atoms with E-state index in [1.165, 1.54) is 30.3 Å². The fourth-order valence-electron chi connectivity index (χ4n) is 4.88. The summed E-state index contributed by atoms with van der Waals surface area (Å²) in [6.45, 7) is 12.6. The van der Waals surface area contributed by atoms with Gasteiger partial charge in [-0.1, -0.05) is 40.7 Å². The zero-order valence-corrected chi connectivity index (χ0v) is 26.8. The lowest BCUT2D eigenvalue weighted by atomic mass is 9.98. The van der Waals surface area contributed by atoms with E-state index in [-0.39, 0.29) is 47.4 Å². The van der Waals surface area contributed by atoms with E-state index in [0.29, 0.717) is 37.2 Å². The Labute approximate surface area is 260 Å². The SMILES string of the molecule is CCCN(CC(O)C(Cc1cc(C)cc(F)c1)NC(=O)c1cc(C(N)=O)cc(C(=O)N(CCC)CCC)c1)NC(=O)C(C)C. The largest absolute Gasteiger partial charge is 0.390 e. The second kappa shape index (κ2) is 17.5. The van der Waals surface area contributed by atoms with Crippen LogP contribution in [0.25, 0.3) is 0 Å². The van der Waals surface area contributed by atoms with Gasteiger partial charge < -0.3 is 21.1 Å². The molecule has 242 valence electrons. The van der Waals surface area contributed by atoms with Crippen LogP contribution in [0.15, 0.2) is 36.4 Å². The van der Waals surface area contributed by atoms with Gasteiger partial charge in [0.05, 0.1) is 12.1 Å². The molecular formula is C33H48FN5O5. The highest BCUT2D eigenvalue weighted by atomic mass is 19.1. The second-order valence-corrected chi connectivity index (χ2v) is 11.5. The highest BCUT2D eigenvalue weighted by Crippen LogP contribution is 2.17. The van der Waals surface area contributed by atoms with Crippen LogP contribution in [0.2, 0.25) is 0 Å². The van der Waals surface area contributed by atoms with E-state index < -0.39 is 29.8 Å². The summed E-state index contributed by atoms with van der Waals surface area (Å²) in [5, 5.41) is 15.8. The Morgan fingerprint density at radius 2 is 1.48 bits per heavy atom. The first-order chi connectivity index (χ1) is 20.8. The molecule has 44 heavy (non-hydrogen) atoms. The van der Waals surface area contributed by atoms with Gasteiger partial charge in [-0.05, 0) is 74.1 Å². The Kier molecular flexibility index (Phi) is 14.4. The van der Waals surface area contributed by atoms with Crippen LogP contribution in [-0.2, 0) is 11.2 Å². The van der Waals surface area contributed by atoms with Crippen LogP contribution >= 0.6 is 0 Å². The van der Waals surface area contributed by atoms with E-state index in [0.717, 1.165) is 12.8 Å². The van der Waals surface area contributed by atoms with Gasteiger partial charge in [0.15, 0.2) is 0 Å². The van der Waals surface area contributed by atoms with Gasteiger partial charge in [0.25, 0.3) is 11.8 Å². The van der Waals surface area contributed by atoms with E-state index in [1.807, 2.05) is 20.8 Å².